The highest BCUT2D eigenvalue weighted by Gasteiger charge is 2.32. The summed E-state index contributed by atoms with van der Waals surface area (Å²) in [4.78, 5) is 41.0. The van der Waals surface area contributed by atoms with Crippen LogP contribution in [0, 0.1) is 5.82 Å². The molecular weight excluding hydrogens is 391 g/mol. The van der Waals surface area contributed by atoms with Crippen LogP contribution in [0.3, 0.4) is 0 Å². The van der Waals surface area contributed by atoms with Crippen LogP contribution in [0.2, 0.25) is 0 Å². The van der Waals surface area contributed by atoms with Crippen LogP contribution in [-0.4, -0.2) is 40.4 Å². The fourth-order valence-corrected chi connectivity index (χ4v) is 4.49. The van der Waals surface area contributed by atoms with Gasteiger partial charge in [-0.05, 0) is 53.0 Å². The summed E-state index contributed by atoms with van der Waals surface area (Å²) < 4.78 is 22.0. The molecule has 2 N–H and O–H groups in total. The van der Waals surface area contributed by atoms with E-state index < -0.39 is 28.8 Å². The standard InChI is InChI=1S/C21H27FN4O4/c1-11-5-6-13-16-14(18(27)24-19(28)26(11)16)9-15(22)17(13)25-8-7-12(10-25)23-20(29)30-21(2,3)4/h9,11-12H,5-8,10H2,1-4H3,(H,23,29)(H,24,27,28)/t11-,12?/m0/s1. The van der Waals surface area contributed by atoms with Crippen LogP contribution in [0.4, 0.5) is 14.9 Å². The number of anilines is 1. The Hall–Kier alpha value is -2.84. The average molecular weight is 418 g/mol. The van der Waals surface area contributed by atoms with Gasteiger partial charge >= 0.3 is 11.8 Å². The highest BCUT2D eigenvalue weighted by atomic mass is 19.1. The number of benzene rings is 1. The second-order valence-electron chi connectivity index (χ2n) is 9.18. The second-order valence-corrected chi connectivity index (χ2v) is 9.18. The molecule has 2 aromatic rings. The molecule has 162 valence electrons. The summed E-state index contributed by atoms with van der Waals surface area (Å²) in [5.41, 5.74) is -0.0135. The molecule has 0 aliphatic carbocycles. The van der Waals surface area contributed by atoms with Crippen molar-refractivity contribution in [1.29, 1.82) is 0 Å². The number of alkyl carbamates (subject to hydrolysis) is 1. The quantitative estimate of drug-likeness (QED) is 0.781. The molecule has 0 spiro atoms. The number of carbonyl (C=O) groups is 1. The molecule has 2 atom stereocenters. The van der Waals surface area contributed by atoms with Crippen LogP contribution in [0.25, 0.3) is 10.9 Å². The fourth-order valence-electron chi connectivity index (χ4n) is 4.49. The number of nitrogens with zero attached hydrogens (tertiary/aromatic N) is 2. The monoisotopic (exact) mass is 418 g/mol. The van der Waals surface area contributed by atoms with E-state index in [0.717, 1.165) is 0 Å². The molecule has 8 nitrogen and oxygen atoms in total. The lowest BCUT2D eigenvalue weighted by atomic mass is 9.95. The number of aryl methyl sites for hydroxylation is 1. The third kappa shape index (κ3) is 3.57. The van der Waals surface area contributed by atoms with Gasteiger partial charge in [-0.3, -0.25) is 14.3 Å². The highest BCUT2D eigenvalue weighted by molar-refractivity contribution is 5.88. The van der Waals surface area contributed by atoms with Crippen LogP contribution < -0.4 is 21.5 Å². The Balaban J connectivity index is 1.70. The number of rotatable bonds is 2. The van der Waals surface area contributed by atoms with E-state index in [2.05, 4.69) is 10.3 Å². The van der Waals surface area contributed by atoms with Crippen molar-refractivity contribution in [2.45, 2.75) is 64.6 Å². The maximum Gasteiger partial charge on any atom is 0.407 e. The lowest BCUT2D eigenvalue weighted by Crippen LogP contribution is -2.41. The van der Waals surface area contributed by atoms with Gasteiger partial charge in [-0.25, -0.2) is 14.0 Å². The number of aromatic amines is 1. The SMILES string of the molecule is C[C@H]1CCc2c(N3CCC(NC(=O)OC(C)(C)C)C3)c(F)cc3c(=O)[nH]c(=O)n1c23. The summed E-state index contributed by atoms with van der Waals surface area (Å²) in [5, 5.41) is 3.04. The normalized spacial score (nSPS) is 21.2. The zero-order valence-electron chi connectivity index (χ0n) is 17.7. The van der Waals surface area contributed by atoms with Gasteiger partial charge in [0.05, 0.1) is 22.6 Å². The van der Waals surface area contributed by atoms with E-state index in [0.29, 0.717) is 49.1 Å². The van der Waals surface area contributed by atoms with Crippen molar-refractivity contribution in [3.63, 3.8) is 0 Å². The van der Waals surface area contributed by atoms with Crippen molar-refractivity contribution in [3.05, 3.63) is 38.3 Å². The minimum atomic E-state index is -0.593. The zero-order valence-corrected chi connectivity index (χ0v) is 17.7. The van der Waals surface area contributed by atoms with Gasteiger partial charge in [0, 0.05) is 24.7 Å². The number of amides is 1. The van der Waals surface area contributed by atoms with Gasteiger partial charge in [-0.2, -0.15) is 0 Å². The summed E-state index contributed by atoms with van der Waals surface area (Å²) in [7, 11) is 0. The molecule has 2 aliphatic rings. The molecule has 1 saturated heterocycles. The zero-order chi connectivity index (χ0) is 21.8. The van der Waals surface area contributed by atoms with Gasteiger partial charge in [0.15, 0.2) is 0 Å². The van der Waals surface area contributed by atoms with Crippen LogP contribution in [0.15, 0.2) is 15.7 Å². The molecule has 0 radical (unpaired) electrons. The predicted molar refractivity (Wildman–Crippen MR) is 112 cm³/mol. The molecule has 3 heterocycles. The predicted octanol–water partition coefficient (Wildman–Crippen LogP) is 2.44. The third-order valence-corrected chi connectivity index (χ3v) is 5.73. The van der Waals surface area contributed by atoms with Gasteiger partial charge in [0.2, 0.25) is 0 Å². The molecule has 1 amide bonds. The van der Waals surface area contributed by atoms with E-state index in [-0.39, 0.29) is 17.5 Å². The molecule has 1 fully saturated rings. The Morgan fingerprint density at radius 1 is 1.30 bits per heavy atom. The first-order valence-corrected chi connectivity index (χ1v) is 10.3. The molecule has 30 heavy (non-hydrogen) atoms. The van der Waals surface area contributed by atoms with E-state index in [1.54, 1.807) is 25.3 Å². The summed E-state index contributed by atoms with van der Waals surface area (Å²) >= 11 is 0. The average Bonchev–Trinajstić information content (AvgIpc) is 3.06. The Morgan fingerprint density at radius 3 is 2.73 bits per heavy atom. The van der Waals surface area contributed by atoms with Crippen LogP contribution >= 0.6 is 0 Å². The lowest BCUT2D eigenvalue weighted by molar-refractivity contribution is 0.0509. The molecule has 4 rings (SSSR count). The summed E-state index contributed by atoms with van der Waals surface area (Å²) in [6.07, 6.45) is 1.41. The van der Waals surface area contributed by atoms with Gasteiger partial charge in [0.25, 0.3) is 5.56 Å². The largest absolute Gasteiger partial charge is 0.444 e. The Morgan fingerprint density at radius 2 is 2.03 bits per heavy atom. The first kappa shape index (κ1) is 20.4. The third-order valence-electron chi connectivity index (χ3n) is 5.73. The second kappa shape index (κ2) is 7.14. The molecule has 1 unspecified atom stereocenters. The summed E-state index contributed by atoms with van der Waals surface area (Å²) in [6, 6.07) is 0.962. The maximum absolute atomic E-state index is 15.2. The van der Waals surface area contributed by atoms with Crippen molar-refractivity contribution in [2.24, 2.45) is 0 Å². The van der Waals surface area contributed by atoms with Crippen LogP contribution in [0.5, 0.6) is 0 Å². The van der Waals surface area contributed by atoms with Gasteiger partial charge < -0.3 is 15.0 Å². The Kier molecular flexibility index (Phi) is 4.86. The van der Waals surface area contributed by atoms with Crippen molar-refractivity contribution in [1.82, 2.24) is 14.9 Å². The van der Waals surface area contributed by atoms with Gasteiger partial charge in [-0.1, -0.05) is 0 Å². The number of hydrogen-bond donors (Lipinski definition) is 2. The Labute approximate surface area is 173 Å². The summed E-state index contributed by atoms with van der Waals surface area (Å²) in [6.45, 7) is 8.29. The molecule has 0 saturated carbocycles. The molecule has 1 aromatic carbocycles. The number of halogens is 1. The van der Waals surface area contributed by atoms with E-state index >= 15 is 4.39 Å². The molecule has 9 heteroatoms. The number of H-pyrrole nitrogens is 1. The topological polar surface area (TPSA) is 96.4 Å². The minimum absolute atomic E-state index is 0.0807. The van der Waals surface area contributed by atoms with E-state index in [1.807, 2.05) is 11.8 Å². The first-order chi connectivity index (χ1) is 14.0. The number of ether oxygens (including phenoxy) is 1. The van der Waals surface area contributed by atoms with Crippen LogP contribution in [0.1, 0.15) is 52.1 Å². The molecule has 1 aromatic heterocycles. The van der Waals surface area contributed by atoms with E-state index in [9.17, 15) is 14.4 Å². The first-order valence-electron chi connectivity index (χ1n) is 10.3. The van der Waals surface area contributed by atoms with Gasteiger partial charge in [-0.15, -0.1) is 0 Å². The van der Waals surface area contributed by atoms with Crippen molar-refractivity contribution in [3.8, 4) is 0 Å². The smallest absolute Gasteiger partial charge is 0.407 e. The number of aromatic nitrogens is 2. The number of carbonyl (C=O) groups excluding carboxylic acids is 1. The van der Waals surface area contributed by atoms with Crippen molar-refractivity contribution >= 4 is 22.7 Å². The van der Waals surface area contributed by atoms with E-state index in [1.165, 1.54) is 6.07 Å². The number of hydrogen-bond acceptors (Lipinski definition) is 5. The lowest BCUT2D eigenvalue weighted by Gasteiger charge is -2.30. The minimum Gasteiger partial charge on any atom is -0.444 e. The molecule has 2 aliphatic heterocycles. The molecular formula is C21H27FN4O4. The number of nitrogens with one attached hydrogen (secondary N) is 2. The van der Waals surface area contributed by atoms with Crippen molar-refractivity contribution < 1.29 is 13.9 Å². The van der Waals surface area contributed by atoms with E-state index in [4.69, 9.17) is 4.74 Å². The highest BCUT2D eigenvalue weighted by Crippen LogP contribution is 2.37. The van der Waals surface area contributed by atoms with Crippen molar-refractivity contribution in [2.75, 3.05) is 18.0 Å². The fraction of sp³-hybridized carbons (Fsp3) is 0.571. The Bertz CT molecular complexity index is 1130. The van der Waals surface area contributed by atoms with Gasteiger partial charge in [0.1, 0.15) is 11.4 Å². The maximum atomic E-state index is 15.2. The summed E-state index contributed by atoms with van der Waals surface area (Å²) in [5.74, 6) is -0.485. The molecule has 0 bridgehead atoms. The van der Waals surface area contributed by atoms with Crippen LogP contribution in [-0.2, 0) is 11.2 Å².